The van der Waals surface area contributed by atoms with E-state index >= 15 is 0 Å². The van der Waals surface area contributed by atoms with Crippen LogP contribution in [-0.2, 0) is 17.8 Å². The maximum absolute atomic E-state index is 14.7. The van der Waals surface area contributed by atoms with Crippen molar-refractivity contribution in [2.75, 3.05) is 32.6 Å². The van der Waals surface area contributed by atoms with Crippen molar-refractivity contribution in [2.24, 2.45) is 4.99 Å². The number of likely N-dealkylation sites (tertiary alicyclic amines) is 1. The van der Waals surface area contributed by atoms with Gasteiger partial charge in [-0.15, -0.1) is 0 Å². The van der Waals surface area contributed by atoms with E-state index in [-0.39, 0.29) is 30.5 Å². The van der Waals surface area contributed by atoms with Crippen LogP contribution in [0.2, 0.25) is 0 Å². The van der Waals surface area contributed by atoms with E-state index in [2.05, 4.69) is 32.5 Å². The van der Waals surface area contributed by atoms with Crippen molar-refractivity contribution < 1.29 is 26.8 Å². The molecule has 4 rings (SSSR count). The molecule has 3 aromatic rings. The molecule has 0 saturated carbocycles. The molecule has 2 aromatic heterocycles. The number of allylic oxidation sites excluding steroid dienone is 3. The first-order valence-electron chi connectivity index (χ1n) is 12.3. The topological polar surface area (TPSA) is 92.7 Å². The molecule has 1 fully saturated rings. The largest absolute Gasteiger partial charge is 0.501 e. The second kappa shape index (κ2) is 11.9. The average Bonchev–Trinajstić information content (AvgIpc) is 3.50. The van der Waals surface area contributed by atoms with Crippen LogP contribution in [0.1, 0.15) is 19.2 Å². The highest BCUT2D eigenvalue weighted by Crippen LogP contribution is 2.35. The van der Waals surface area contributed by atoms with E-state index in [0.29, 0.717) is 41.1 Å². The number of rotatable bonds is 10. The molecule has 0 amide bonds. The molecule has 2 N–H and O–H groups in total. The normalized spacial score (nSPS) is 19.4. The molecule has 0 spiro atoms. The number of nitrogens with one attached hydrogen (secondary N) is 2. The van der Waals surface area contributed by atoms with Crippen LogP contribution in [0.4, 0.5) is 23.2 Å². The molecular weight excluding hydrogens is 518 g/mol. The molecule has 9 nitrogen and oxygen atoms in total. The molecule has 210 valence electrons. The van der Waals surface area contributed by atoms with Crippen LogP contribution in [-0.4, -0.2) is 72.0 Å². The molecule has 0 radical (unpaired) electrons. The fraction of sp³-hybridized carbons (Fsp3) is 0.423. The van der Waals surface area contributed by atoms with E-state index in [1.165, 1.54) is 7.11 Å². The Morgan fingerprint density at radius 3 is 2.82 bits per heavy atom. The Labute approximate surface area is 223 Å². The Morgan fingerprint density at radius 2 is 2.13 bits per heavy atom. The van der Waals surface area contributed by atoms with E-state index in [4.69, 9.17) is 9.26 Å². The number of ether oxygens (including phenoxy) is 1. The molecule has 0 unspecified atom stereocenters. The molecule has 39 heavy (non-hydrogen) atoms. The van der Waals surface area contributed by atoms with Gasteiger partial charge in [-0.1, -0.05) is 11.2 Å². The third-order valence-electron chi connectivity index (χ3n) is 6.45. The number of benzene rings is 1. The van der Waals surface area contributed by atoms with Gasteiger partial charge in [-0.3, -0.25) is 0 Å². The molecule has 1 saturated heterocycles. The lowest BCUT2D eigenvalue weighted by Gasteiger charge is -2.33. The Bertz CT molecular complexity index is 1360. The summed E-state index contributed by atoms with van der Waals surface area (Å²) in [5, 5.41) is 10.6. The van der Waals surface area contributed by atoms with Crippen molar-refractivity contribution in [3.05, 3.63) is 53.9 Å². The van der Waals surface area contributed by atoms with E-state index < -0.39 is 24.9 Å². The zero-order valence-corrected chi connectivity index (χ0v) is 21.9. The number of hydrogen-bond acceptors (Lipinski definition) is 8. The van der Waals surface area contributed by atoms with E-state index in [1.807, 2.05) is 11.9 Å². The summed E-state index contributed by atoms with van der Waals surface area (Å²) in [6.07, 6.45) is -1.71. The van der Waals surface area contributed by atoms with Crippen molar-refractivity contribution in [1.82, 2.24) is 24.9 Å². The number of piperidine rings is 1. The van der Waals surface area contributed by atoms with Crippen molar-refractivity contribution >= 4 is 23.3 Å². The molecule has 0 aliphatic carbocycles. The van der Waals surface area contributed by atoms with Crippen LogP contribution in [0.25, 0.3) is 22.4 Å². The SMILES string of the molecule is C=N/C(=C\C=C(/C)OC)NCc1nc(-c2cc3c(N[C@@H]4CCN(C)C[C@@H]4F)cccc3n2CC(F)(F)F)no1. The highest BCUT2D eigenvalue weighted by atomic mass is 19.4. The third kappa shape index (κ3) is 6.96. The number of methoxy groups -OCH3 is 1. The van der Waals surface area contributed by atoms with Gasteiger partial charge in [0.1, 0.15) is 18.5 Å². The fourth-order valence-electron chi connectivity index (χ4n) is 4.39. The number of aliphatic imine (C=N–C) groups is 1. The summed E-state index contributed by atoms with van der Waals surface area (Å²) in [5.74, 6) is 1.20. The van der Waals surface area contributed by atoms with Gasteiger partial charge in [-0.2, -0.15) is 18.2 Å². The monoisotopic (exact) mass is 549 g/mol. The smallest absolute Gasteiger partial charge is 0.406 e. The van der Waals surface area contributed by atoms with Crippen LogP contribution >= 0.6 is 0 Å². The van der Waals surface area contributed by atoms with Gasteiger partial charge in [0.05, 0.1) is 36.7 Å². The maximum Gasteiger partial charge on any atom is 0.406 e. The third-order valence-corrected chi connectivity index (χ3v) is 6.45. The summed E-state index contributed by atoms with van der Waals surface area (Å²) in [5.41, 5.74) is 0.994. The lowest BCUT2D eigenvalue weighted by atomic mass is 10.0. The van der Waals surface area contributed by atoms with Crippen molar-refractivity contribution in [3.8, 4) is 11.5 Å². The number of fused-ring (bicyclic) bond motifs is 1. The molecule has 13 heteroatoms. The standard InChI is InChI=1S/C26H31F4N7O2/c1-16(38-4)8-9-23(31-2)32-13-24-34-25(35-39-24)22-12-17-19(33-20-10-11-36(3)14-18(20)27)6-5-7-21(17)37(22)15-26(28,29)30/h5-9,12,18,20,32-33H,2,10-11,13-15H2,1,3-4H3/b16-8+,23-9+/t18-,20+/m0/s1. The summed E-state index contributed by atoms with van der Waals surface area (Å²) >= 11 is 0. The number of hydrogen-bond donors (Lipinski definition) is 2. The van der Waals surface area contributed by atoms with Gasteiger partial charge in [-0.25, -0.2) is 9.38 Å². The Morgan fingerprint density at radius 1 is 1.33 bits per heavy atom. The van der Waals surface area contributed by atoms with Gasteiger partial charge in [0.15, 0.2) is 0 Å². The average molecular weight is 550 g/mol. The number of aromatic nitrogens is 3. The van der Waals surface area contributed by atoms with Gasteiger partial charge < -0.3 is 29.4 Å². The van der Waals surface area contributed by atoms with Crippen LogP contribution in [0.3, 0.4) is 0 Å². The van der Waals surface area contributed by atoms with Crippen molar-refractivity contribution in [2.45, 2.75) is 44.8 Å². The van der Waals surface area contributed by atoms with E-state index in [9.17, 15) is 17.6 Å². The molecule has 3 heterocycles. The van der Waals surface area contributed by atoms with Crippen molar-refractivity contribution in [1.29, 1.82) is 0 Å². The predicted molar refractivity (Wildman–Crippen MR) is 141 cm³/mol. The quantitative estimate of drug-likeness (QED) is 0.161. The molecule has 2 atom stereocenters. The zero-order valence-electron chi connectivity index (χ0n) is 21.9. The number of anilines is 1. The molecule has 1 aliphatic rings. The van der Waals surface area contributed by atoms with Crippen LogP contribution in [0, 0.1) is 0 Å². The lowest BCUT2D eigenvalue weighted by molar-refractivity contribution is -0.139. The summed E-state index contributed by atoms with van der Waals surface area (Å²) in [4.78, 5) is 10.1. The molecule has 0 bridgehead atoms. The number of alkyl halides is 4. The van der Waals surface area contributed by atoms with Crippen LogP contribution in [0.5, 0.6) is 0 Å². The Kier molecular flexibility index (Phi) is 8.58. The van der Waals surface area contributed by atoms with Crippen LogP contribution in [0.15, 0.2) is 57.5 Å². The zero-order chi connectivity index (χ0) is 28.2. The first-order chi connectivity index (χ1) is 18.6. The van der Waals surface area contributed by atoms with Crippen molar-refractivity contribution in [3.63, 3.8) is 0 Å². The summed E-state index contributed by atoms with van der Waals surface area (Å²) in [6, 6.07) is 6.08. The second-order valence-corrected chi connectivity index (χ2v) is 9.34. The maximum atomic E-state index is 14.7. The van der Waals surface area contributed by atoms with Gasteiger partial charge >= 0.3 is 6.18 Å². The Hall–Kier alpha value is -3.87. The minimum absolute atomic E-state index is 0.00641. The minimum atomic E-state index is -4.50. The van der Waals surface area contributed by atoms with E-state index in [0.717, 1.165) is 4.57 Å². The molecule has 1 aliphatic heterocycles. The molecular formula is C26H31F4N7O2. The first kappa shape index (κ1) is 28.1. The second-order valence-electron chi connectivity index (χ2n) is 9.34. The van der Waals surface area contributed by atoms with Crippen LogP contribution < -0.4 is 10.6 Å². The van der Waals surface area contributed by atoms with Gasteiger partial charge in [0.25, 0.3) is 0 Å². The number of nitrogens with zero attached hydrogens (tertiary/aromatic N) is 5. The highest BCUT2D eigenvalue weighted by molar-refractivity contribution is 5.96. The number of halogens is 4. The predicted octanol–water partition coefficient (Wildman–Crippen LogP) is 4.89. The summed E-state index contributed by atoms with van der Waals surface area (Å²) in [6.45, 7) is 5.09. The lowest BCUT2D eigenvalue weighted by Crippen LogP contribution is -2.46. The minimum Gasteiger partial charge on any atom is -0.501 e. The summed E-state index contributed by atoms with van der Waals surface area (Å²) < 4.78 is 67.0. The molecule has 1 aromatic carbocycles. The summed E-state index contributed by atoms with van der Waals surface area (Å²) in [7, 11) is 3.39. The fourth-order valence-corrected chi connectivity index (χ4v) is 4.39. The van der Waals surface area contributed by atoms with Gasteiger partial charge in [0.2, 0.25) is 11.7 Å². The Balaban J connectivity index is 1.64. The van der Waals surface area contributed by atoms with Gasteiger partial charge in [0, 0.05) is 24.2 Å². The highest BCUT2D eigenvalue weighted by Gasteiger charge is 2.32. The first-order valence-corrected chi connectivity index (χ1v) is 12.3. The van der Waals surface area contributed by atoms with E-state index in [1.54, 1.807) is 43.3 Å². The van der Waals surface area contributed by atoms with Gasteiger partial charge in [-0.05, 0) is 57.5 Å².